The minimum Gasteiger partial charge on any atom is -0.491 e. The zero-order valence-electron chi connectivity index (χ0n) is 18.6. The molecule has 3 aromatic heterocycles. The summed E-state index contributed by atoms with van der Waals surface area (Å²) in [5, 5.41) is 9.57. The number of aryl methyl sites for hydroxylation is 1. The van der Waals surface area contributed by atoms with E-state index in [2.05, 4.69) is 38.3 Å². The Morgan fingerprint density at radius 2 is 2.00 bits per heavy atom. The van der Waals surface area contributed by atoms with Crippen molar-refractivity contribution in [1.29, 1.82) is 0 Å². The molecule has 9 heteroatoms. The lowest BCUT2D eigenvalue weighted by Crippen LogP contribution is -2.39. The van der Waals surface area contributed by atoms with Crippen LogP contribution in [0.3, 0.4) is 0 Å². The van der Waals surface area contributed by atoms with Crippen LogP contribution in [0.15, 0.2) is 59.8 Å². The molecular formula is C24H27N7O2. The second-order valence-electron chi connectivity index (χ2n) is 8.37. The molecule has 0 atom stereocenters. The number of rotatable bonds is 6. The standard InChI is InChI=1S/C24H27N7O2/c1-29-16-17(15-27-29)21-4-5-24(32)31(28-21)12-13-33-23-6-9-26-22-14-19(2-3-20(22)23)30-10-7-18(25)8-11-30/h2-6,9,14-16,18H,7-8,10-13,25H2,1H3. The van der Waals surface area contributed by atoms with Gasteiger partial charge in [0.2, 0.25) is 0 Å². The van der Waals surface area contributed by atoms with Crippen LogP contribution in [0, 0.1) is 0 Å². The van der Waals surface area contributed by atoms with E-state index in [0.717, 1.165) is 53.8 Å². The zero-order valence-corrected chi connectivity index (χ0v) is 18.6. The highest BCUT2D eigenvalue weighted by molar-refractivity contribution is 5.87. The van der Waals surface area contributed by atoms with Gasteiger partial charge in [0, 0.05) is 61.3 Å². The van der Waals surface area contributed by atoms with Gasteiger partial charge in [-0.25, -0.2) is 4.68 Å². The van der Waals surface area contributed by atoms with Crippen LogP contribution < -0.4 is 20.9 Å². The molecule has 0 bridgehead atoms. The Kier molecular flexibility index (Phi) is 5.78. The molecule has 0 saturated carbocycles. The van der Waals surface area contributed by atoms with Crippen LogP contribution in [0.5, 0.6) is 5.75 Å². The predicted molar refractivity (Wildman–Crippen MR) is 127 cm³/mol. The largest absolute Gasteiger partial charge is 0.491 e. The zero-order chi connectivity index (χ0) is 22.8. The number of pyridine rings is 1. The Balaban J connectivity index is 1.29. The Labute approximate surface area is 191 Å². The van der Waals surface area contributed by atoms with Crippen LogP contribution in [-0.4, -0.2) is 50.3 Å². The normalized spacial score (nSPS) is 14.7. The molecule has 2 N–H and O–H groups in total. The highest BCUT2D eigenvalue weighted by Gasteiger charge is 2.17. The fourth-order valence-corrected chi connectivity index (χ4v) is 4.15. The molecule has 1 aromatic carbocycles. The Hall–Kier alpha value is -3.72. The van der Waals surface area contributed by atoms with E-state index in [4.69, 9.17) is 10.5 Å². The third kappa shape index (κ3) is 4.58. The van der Waals surface area contributed by atoms with Crippen molar-refractivity contribution < 1.29 is 4.74 Å². The summed E-state index contributed by atoms with van der Waals surface area (Å²) in [6.07, 6.45) is 7.35. The van der Waals surface area contributed by atoms with E-state index in [-0.39, 0.29) is 5.56 Å². The molecule has 4 aromatic rings. The van der Waals surface area contributed by atoms with Crippen LogP contribution >= 0.6 is 0 Å². The minimum atomic E-state index is -0.170. The first-order valence-corrected chi connectivity index (χ1v) is 11.2. The maximum Gasteiger partial charge on any atom is 0.266 e. The maximum absolute atomic E-state index is 12.3. The Morgan fingerprint density at radius 1 is 1.15 bits per heavy atom. The molecule has 0 radical (unpaired) electrons. The quantitative estimate of drug-likeness (QED) is 0.485. The first-order valence-electron chi connectivity index (χ1n) is 11.2. The number of ether oxygens (including phenoxy) is 1. The summed E-state index contributed by atoms with van der Waals surface area (Å²) in [7, 11) is 1.84. The van der Waals surface area contributed by atoms with Crippen LogP contribution in [-0.2, 0) is 13.6 Å². The van der Waals surface area contributed by atoms with Crippen LogP contribution in [0.25, 0.3) is 22.2 Å². The van der Waals surface area contributed by atoms with Crippen molar-refractivity contribution in [1.82, 2.24) is 24.5 Å². The summed E-state index contributed by atoms with van der Waals surface area (Å²) in [6, 6.07) is 11.6. The van der Waals surface area contributed by atoms with E-state index in [1.165, 1.54) is 10.7 Å². The highest BCUT2D eigenvalue weighted by atomic mass is 16.5. The maximum atomic E-state index is 12.3. The smallest absolute Gasteiger partial charge is 0.266 e. The van der Waals surface area contributed by atoms with Gasteiger partial charge in [0.15, 0.2) is 0 Å². The lowest BCUT2D eigenvalue weighted by molar-refractivity contribution is 0.291. The number of aromatic nitrogens is 5. The summed E-state index contributed by atoms with van der Waals surface area (Å²) in [6.45, 7) is 2.57. The molecule has 9 nitrogen and oxygen atoms in total. The van der Waals surface area contributed by atoms with Gasteiger partial charge in [-0.05, 0) is 43.2 Å². The first-order chi connectivity index (χ1) is 16.1. The topological polar surface area (TPSA) is 104 Å². The average Bonchev–Trinajstić information content (AvgIpc) is 3.27. The number of piperidine rings is 1. The lowest BCUT2D eigenvalue weighted by Gasteiger charge is -2.32. The Bertz CT molecular complexity index is 1320. The molecule has 5 rings (SSSR count). The van der Waals surface area contributed by atoms with Crippen molar-refractivity contribution in [3.05, 3.63) is 65.3 Å². The molecule has 1 aliphatic heterocycles. The van der Waals surface area contributed by atoms with Gasteiger partial charge in [-0.1, -0.05) is 0 Å². The van der Waals surface area contributed by atoms with Gasteiger partial charge in [0.05, 0.1) is 24.0 Å². The van der Waals surface area contributed by atoms with Gasteiger partial charge < -0.3 is 15.4 Å². The first kappa shape index (κ1) is 21.1. The molecule has 1 saturated heterocycles. The predicted octanol–water partition coefficient (Wildman–Crippen LogP) is 2.20. The van der Waals surface area contributed by atoms with Crippen molar-refractivity contribution in [2.75, 3.05) is 24.6 Å². The van der Waals surface area contributed by atoms with Crippen molar-refractivity contribution in [2.24, 2.45) is 12.8 Å². The fraction of sp³-hybridized carbons (Fsp3) is 0.333. The van der Waals surface area contributed by atoms with Gasteiger partial charge in [0.25, 0.3) is 5.56 Å². The van der Waals surface area contributed by atoms with Gasteiger partial charge in [0.1, 0.15) is 12.4 Å². The lowest BCUT2D eigenvalue weighted by atomic mass is 10.0. The Morgan fingerprint density at radius 3 is 2.79 bits per heavy atom. The molecule has 170 valence electrons. The van der Waals surface area contributed by atoms with Gasteiger partial charge in [-0.2, -0.15) is 10.2 Å². The fourth-order valence-electron chi connectivity index (χ4n) is 4.15. The summed E-state index contributed by atoms with van der Waals surface area (Å²) in [5.74, 6) is 0.740. The monoisotopic (exact) mass is 445 g/mol. The van der Waals surface area contributed by atoms with Gasteiger partial charge in [-0.3, -0.25) is 14.5 Å². The molecule has 0 amide bonds. The molecule has 0 aliphatic carbocycles. The van der Waals surface area contributed by atoms with Crippen LogP contribution in [0.2, 0.25) is 0 Å². The van der Waals surface area contributed by atoms with E-state index >= 15 is 0 Å². The minimum absolute atomic E-state index is 0.170. The van der Waals surface area contributed by atoms with Crippen molar-refractivity contribution >= 4 is 16.6 Å². The molecule has 0 spiro atoms. The number of fused-ring (bicyclic) bond motifs is 1. The molecule has 1 aliphatic rings. The summed E-state index contributed by atoms with van der Waals surface area (Å²) in [5.41, 5.74) is 9.46. The van der Waals surface area contributed by atoms with Crippen molar-refractivity contribution in [2.45, 2.75) is 25.4 Å². The second-order valence-corrected chi connectivity index (χ2v) is 8.37. The number of hydrogen-bond acceptors (Lipinski definition) is 7. The van der Waals surface area contributed by atoms with E-state index in [9.17, 15) is 4.79 Å². The third-order valence-electron chi connectivity index (χ3n) is 6.02. The highest BCUT2D eigenvalue weighted by Crippen LogP contribution is 2.29. The second kappa shape index (κ2) is 9.03. The number of anilines is 1. The number of nitrogens with zero attached hydrogens (tertiary/aromatic N) is 6. The van der Waals surface area contributed by atoms with Gasteiger partial charge in [-0.15, -0.1) is 0 Å². The summed E-state index contributed by atoms with van der Waals surface area (Å²) < 4.78 is 9.17. The van der Waals surface area contributed by atoms with Crippen molar-refractivity contribution in [3.63, 3.8) is 0 Å². The molecule has 33 heavy (non-hydrogen) atoms. The van der Waals surface area contributed by atoms with Crippen LogP contribution in [0.4, 0.5) is 5.69 Å². The number of hydrogen-bond donors (Lipinski definition) is 1. The van der Waals surface area contributed by atoms with Crippen LogP contribution in [0.1, 0.15) is 12.8 Å². The third-order valence-corrected chi connectivity index (χ3v) is 6.02. The average molecular weight is 446 g/mol. The SMILES string of the molecule is Cn1cc(-c2ccc(=O)n(CCOc3ccnc4cc(N5CCC(N)CC5)ccc34)n2)cn1. The summed E-state index contributed by atoms with van der Waals surface area (Å²) in [4.78, 5) is 19.2. The molecule has 4 heterocycles. The van der Waals surface area contributed by atoms with Crippen molar-refractivity contribution in [3.8, 4) is 17.0 Å². The number of nitrogens with two attached hydrogens (primary N) is 1. The number of benzene rings is 1. The van der Waals surface area contributed by atoms with E-state index < -0.39 is 0 Å². The van der Waals surface area contributed by atoms with E-state index in [1.54, 1.807) is 23.1 Å². The van der Waals surface area contributed by atoms with E-state index in [1.807, 2.05) is 19.3 Å². The molecular weight excluding hydrogens is 418 g/mol. The molecule has 1 fully saturated rings. The molecule has 0 unspecified atom stereocenters. The van der Waals surface area contributed by atoms with E-state index in [0.29, 0.717) is 24.9 Å². The van der Waals surface area contributed by atoms with Gasteiger partial charge >= 0.3 is 0 Å². The summed E-state index contributed by atoms with van der Waals surface area (Å²) >= 11 is 0.